The molecule has 1 aromatic carbocycles. The Hall–Kier alpha value is -1.02. The maximum atomic E-state index is 10.5. The fraction of sp³-hybridized carbons (Fsp3) is 0.417. The summed E-state index contributed by atoms with van der Waals surface area (Å²) in [5.41, 5.74) is 0.873. The van der Waals surface area contributed by atoms with Crippen molar-refractivity contribution in [1.29, 1.82) is 0 Å². The maximum absolute atomic E-state index is 10.5. The van der Waals surface area contributed by atoms with E-state index >= 15 is 0 Å². The van der Waals surface area contributed by atoms with Gasteiger partial charge in [0.25, 0.3) is 0 Å². The zero-order chi connectivity index (χ0) is 10.7. The van der Waals surface area contributed by atoms with Gasteiger partial charge in [-0.15, -0.1) is 0 Å². The summed E-state index contributed by atoms with van der Waals surface area (Å²) in [7, 11) is 0. The second kappa shape index (κ2) is 4.67. The number of benzene rings is 1. The van der Waals surface area contributed by atoms with Gasteiger partial charge in [-0.1, -0.05) is 11.6 Å². The van der Waals surface area contributed by atoms with E-state index in [2.05, 4.69) is 0 Å². The first-order valence-corrected chi connectivity index (χ1v) is 5.52. The number of halogens is 1. The Kier molecular flexibility index (Phi) is 3.27. The Labute approximate surface area is 94.2 Å². The van der Waals surface area contributed by atoms with E-state index in [0.717, 1.165) is 24.2 Å². The van der Waals surface area contributed by atoms with Crippen molar-refractivity contribution in [3.05, 3.63) is 28.8 Å². The molecule has 0 bridgehead atoms. The van der Waals surface area contributed by atoms with E-state index in [4.69, 9.17) is 16.3 Å². The van der Waals surface area contributed by atoms with E-state index < -0.39 is 0 Å². The van der Waals surface area contributed by atoms with Crippen molar-refractivity contribution in [3.63, 3.8) is 0 Å². The van der Waals surface area contributed by atoms with Crippen LogP contribution in [0.2, 0.25) is 5.02 Å². The Morgan fingerprint density at radius 3 is 2.93 bits per heavy atom. The molecule has 1 aliphatic rings. The van der Waals surface area contributed by atoms with Crippen LogP contribution >= 0.6 is 11.6 Å². The Morgan fingerprint density at radius 2 is 2.27 bits per heavy atom. The van der Waals surface area contributed by atoms with Crippen molar-refractivity contribution in [2.45, 2.75) is 19.3 Å². The van der Waals surface area contributed by atoms with Gasteiger partial charge in [0.2, 0.25) is 0 Å². The highest BCUT2D eigenvalue weighted by atomic mass is 35.5. The highest BCUT2D eigenvalue weighted by molar-refractivity contribution is 6.30. The number of hydrogen-bond acceptors (Lipinski definition) is 2. The molecule has 1 aromatic rings. The third-order valence-electron chi connectivity index (χ3n) is 2.50. The number of ether oxygens (including phenoxy) is 1. The van der Waals surface area contributed by atoms with Gasteiger partial charge in [-0.3, -0.25) is 0 Å². The van der Waals surface area contributed by atoms with Crippen LogP contribution in [0, 0.1) is 5.92 Å². The fourth-order valence-corrected chi connectivity index (χ4v) is 1.62. The van der Waals surface area contributed by atoms with E-state index in [0.29, 0.717) is 17.4 Å². The lowest BCUT2D eigenvalue weighted by Crippen LogP contribution is -2.02. The topological polar surface area (TPSA) is 26.3 Å². The molecule has 0 radical (unpaired) electrons. The van der Waals surface area contributed by atoms with E-state index in [9.17, 15) is 4.79 Å². The Balaban J connectivity index is 2.08. The van der Waals surface area contributed by atoms with E-state index in [1.165, 1.54) is 12.8 Å². The summed E-state index contributed by atoms with van der Waals surface area (Å²) in [5, 5.41) is 0.644. The third-order valence-corrected chi connectivity index (χ3v) is 2.73. The summed E-state index contributed by atoms with van der Waals surface area (Å²) < 4.78 is 5.65. The lowest BCUT2D eigenvalue weighted by molar-refractivity contribution is -0.107. The quantitative estimate of drug-likeness (QED) is 0.719. The standard InChI is InChI=1S/C12H13ClO2/c13-11-3-4-12(10(7-11)5-6-14)15-8-9-1-2-9/h3-4,6-7,9H,1-2,5,8H2. The van der Waals surface area contributed by atoms with E-state index in [1.807, 2.05) is 6.07 Å². The van der Waals surface area contributed by atoms with Crippen molar-refractivity contribution in [2.75, 3.05) is 6.61 Å². The molecule has 0 atom stereocenters. The summed E-state index contributed by atoms with van der Waals surface area (Å²) in [5.74, 6) is 1.50. The first-order chi connectivity index (χ1) is 7.29. The predicted octanol–water partition coefficient (Wildman–Crippen LogP) is 2.87. The molecule has 0 amide bonds. The van der Waals surface area contributed by atoms with Gasteiger partial charge in [0, 0.05) is 17.0 Å². The molecule has 1 fully saturated rings. The molecule has 0 heterocycles. The van der Waals surface area contributed by atoms with E-state index in [1.54, 1.807) is 12.1 Å². The lowest BCUT2D eigenvalue weighted by Gasteiger charge is -2.09. The minimum Gasteiger partial charge on any atom is -0.493 e. The van der Waals surface area contributed by atoms with Crippen LogP contribution in [0.4, 0.5) is 0 Å². The van der Waals surface area contributed by atoms with Crippen LogP contribution in [0.25, 0.3) is 0 Å². The van der Waals surface area contributed by atoms with Crippen molar-refractivity contribution in [3.8, 4) is 5.75 Å². The molecular weight excluding hydrogens is 212 g/mol. The largest absolute Gasteiger partial charge is 0.493 e. The minimum atomic E-state index is 0.362. The average molecular weight is 225 g/mol. The SMILES string of the molecule is O=CCc1cc(Cl)ccc1OCC1CC1. The number of hydrogen-bond donors (Lipinski definition) is 0. The van der Waals surface area contributed by atoms with Crippen LogP contribution in [0.3, 0.4) is 0 Å². The molecule has 1 saturated carbocycles. The van der Waals surface area contributed by atoms with Crippen molar-refractivity contribution < 1.29 is 9.53 Å². The molecule has 0 saturated heterocycles. The molecule has 80 valence electrons. The molecule has 0 aromatic heterocycles. The molecule has 1 aliphatic carbocycles. The van der Waals surface area contributed by atoms with Crippen LogP contribution in [0.15, 0.2) is 18.2 Å². The maximum Gasteiger partial charge on any atom is 0.124 e. The Bertz CT molecular complexity index is 359. The number of rotatable bonds is 5. The zero-order valence-electron chi connectivity index (χ0n) is 8.41. The van der Waals surface area contributed by atoms with Crippen LogP contribution < -0.4 is 4.74 Å². The summed E-state index contributed by atoms with van der Waals surface area (Å²) >= 11 is 5.86. The predicted molar refractivity (Wildman–Crippen MR) is 59.4 cm³/mol. The van der Waals surface area contributed by atoms with Gasteiger partial charge >= 0.3 is 0 Å². The fourth-order valence-electron chi connectivity index (χ4n) is 1.43. The molecule has 15 heavy (non-hydrogen) atoms. The number of carbonyl (C=O) groups is 1. The lowest BCUT2D eigenvalue weighted by atomic mass is 10.1. The number of aldehydes is 1. The molecule has 0 spiro atoms. The molecular formula is C12H13ClO2. The highest BCUT2D eigenvalue weighted by Crippen LogP contribution is 2.31. The highest BCUT2D eigenvalue weighted by Gasteiger charge is 2.22. The minimum absolute atomic E-state index is 0.362. The van der Waals surface area contributed by atoms with Gasteiger partial charge in [-0.25, -0.2) is 0 Å². The molecule has 3 heteroatoms. The van der Waals surface area contributed by atoms with Gasteiger partial charge in [-0.05, 0) is 37.0 Å². The van der Waals surface area contributed by atoms with Gasteiger partial charge in [-0.2, -0.15) is 0 Å². The molecule has 0 unspecified atom stereocenters. The molecule has 2 rings (SSSR count). The van der Waals surface area contributed by atoms with Crippen LogP contribution in [0.5, 0.6) is 5.75 Å². The zero-order valence-corrected chi connectivity index (χ0v) is 9.17. The second-order valence-electron chi connectivity index (χ2n) is 3.88. The van der Waals surface area contributed by atoms with Gasteiger partial charge < -0.3 is 9.53 Å². The van der Waals surface area contributed by atoms with Crippen molar-refractivity contribution >= 4 is 17.9 Å². The molecule has 0 aliphatic heterocycles. The smallest absolute Gasteiger partial charge is 0.124 e. The van der Waals surface area contributed by atoms with Gasteiger partial charge in [0.1, 0.15) is 12.0 Å². The van der Waals surface area contributed by atoms with Crippen molar-refractivity contribution in [2.24, 2.45) is 5.92 Å². The van der Waals surface area contributed by atoms with E-state index in [-0.39, 0.29) is 0 Å². The van der Waals surface area contributed by atoms with Crippen LogP contribution in [0.1, 0.15) is 18.4 Å². The van der Waals surface area contributed by atoms with Crippen LogP contribution in [-0.4, -0.2) is 12.9 Å². The Morgan fingerprint density at radius 1 is 1.47 bits per heavy atom. The number of carbonyl (C=O) groups excluding carboxylic acids is 1. The summed E-state index contributed by atoms with van der Waals surface area (Å²) in [6.07, 6.45) is 3.75. The van der Waals surface area contributed by atoms with Gasteiger partial charge in [0.05, 0.1) is 6.61 Å². The second-order valence-corrected chi connectivity index (χ2v) is 4.31. The first-order valence-electron chi connectivity index (χ1n) is 5.14. The summed E-state index contributed by atoms with van der Waals surface area (Å²) in [4.78, 5) is 10.5. The average Bonchev–Trinajstić information content (AvgIpc) is 3.01. The van der Waals surface area contributed by atoms with Crippen molar-refractivity contribution in [1.82, 2.24) is 0 Å². The van der Waals surface area contributed by atoms with Gasteiger partial charge in [0.15, 0.2) is 0 Å². The summed E-state index contributed by atoms with van der Waals surface area (Å²) in [6.45, 7) is 0.757. The normalized spacial score (nSPS) is 15.0. The monoisotopic (exact) mass is 224 g/mol. The third kappa shape index (κ3) is 2.96. The first kappa shape index (κ1) is 10.5. The molecule has 0 N–H and O–H groups in total. The molecule has 2 nitrogen and oxygen atoms in total. The summed E-state index contributed by atoms with van der Waals surface area (Å²) in [6, 6.07) is 5.42. The van der Waals surface area contributed by atoms with Crippen LogP contribution in [-0.2, 0) is 11.2 Å².